The van der Waals surface area contributed by atoms with Crippen LogP contribution in [0.15, 0.2) is 28.7 Å². The Hall–Kier alpha value is -1.43. The molecule has 1 aliphatic rings. The molecule has 0 amide bonds. The van der Waals surface area contributed by atoms with Crippen LogP contribution in [0.2, 0.25) is 5.02 Å². The number of hydrogen-bond donors (Lipinski definition) is 1. The first kappa shape index (κ1) is 13.5. The molecule has 20 heavy (non-hydrogen) atoms. The molecule has 1 atom stereocenters. The summed E-state index contributed by atoms with van der Waals surface area (Å²) >= 11 is 6.11. The maximum absolute atomic E-state index is 9.14. The van der Waals surface area contributed by atoms with Crippen LogP contribution >= 0.6 is 11.6 Å². The van der Waals surface area contributed by atoms with Crippen molar-refractivity contribution in [1.82, 2.24) is 15.1 Å². The molecule has 1 aromatic carbocycles. The Labute approximate surface area is 122 Å². The molecule has 5 nitrogen and oxygen atoms in total. The maximum atomic E-state index is 9.14. The van der Waals surface area contributed by atoms with Gasteiger partial charge in [-0.15, -0.1) is 10.2 Å². The lowest BCUT2D eigenvalue weighted by molar-refractivity contribution is 0.215. The summed E-state index contributed by atoms with van der Waals surface area (Å²) in [5.74, 6) is 1.39. The lowest BCUT2D eigenvalue weighted by atomic mass is 10.1. The van der Waals surface area contributed by atoms with E-state index in [1.807, 2.05) is 18.2 Å². The average Bonchev–Trinajstić information content (AvgIpc) is 3.09. The van der Waals surface area contributed by atoms with E-state index in [2.05, 4.69) is 15.1 Å². The summed E-state index contributed by atoms with van der Waals surface area (Å²) in [7, 11) is 0. The van der Waals surface area contributed by atoms with Crippen molar-refractivity contribution in [1.29, 1.82) is 0 Å². The zero-order valence-corrected chi connectivity index (χ0v) is 11.8. The van der Waals surface area contributed by atoms with E-state index in [0.717, 1.165) is 25.1 Å². The second kappa shape index (κ2) is 5.91. The third kappa shape index (κ3) is 2.85. The minimum Gasteiger partial charge on any atom is -0.419 e. The number of aliphatic hydroxyl groups excluding tert-OH is 1. The first-order valence-corrected chi connectivity index (χ1v) is 7.04. The Morgan fingerprint density at radius 2 is 2.20 bits per heavy atom. The lowest BCUT2D eigenvalue weighted by Crippen LogP contribution is -2.21. The molecule has 106 valence electrons. The third-order valence-corrected chi connectivity index (χ3v) is 3.89. The highest BCUT2D eigenvalue weighted by Gasteiger charge is 2.23. The second-order valence-corrected chi connectivity index (χ2v) is 5.46. The standard InChI is InChI=1S/C14H16ClN3O2/c15-12-4-2-1-3-11(12)14-17-16-13(20-14)8-18-6-5-10(7-18)9-19/h1-4,10,19H,5-9H2. The molecule has 1 aliphatic heterocycles. The molecule has 2 aromatic rings. The van der Waals surface area contributed by atoms with Gasteiger partial charge in [-0.05, 0) is 31.0 Å². The molecule has 2 heterocycles. The van der Waals surface area contributed by atoms with Crippen LogP contribution in [-0.4, -0.2) is 39.9 Å². The quantitative estimate of drug-likeness (QED) is 0.936. The Morgan fingerprint density at radius 3 is 2.95 bits per heavy atom. The predicted molar refractivity (Wildman–Crippen MR) is 75.2 cm³/mol. The predicted octanol–water partition coefficient (Wildman–Crippen LogP) is 2.20. The van der Waals surface area contributed by atoms with Crippen molar-refractivity contribution in [2.24, 2.45) is 5.92 Å². The van der Waals surface area contributed by atoms with Crippen molar-refractivity contribution in [3.05, 3.63) is 35.2 Å². The number of likely N-dealkylation sites (tertiary alicyclic amines) is 1. The fraction of sp³-hybridized carbons (Fsp3) is 0.429. The van der Waals surface area contributed by atoms with Gasteiger partial charge < -0.3 is 9.52 Å². The van der Waals surface area contributed by atoms with Gasteiger partial charge in [-0.1, -0.05) is 23.7 Å². The summed E-state index contributed by atoms with van der Waals surface area (Å²) in [6, 6.07) is 7.41. The van der Waals surface area contributed by atoms with Crippen molar-refractivity contribution in [3.63, 3.8) is 0 Å². The highest BCUT2D eigenvalue weighted by atomic mass is 35.5. The van der Waals surface area contributed by atoms with E-state index >= 15 is 0 Å². The van der Waals surface area contributed by atoms with E-state index < -0.39 is 0 Å². The van der Waals surface area contributed by atoms with Crippen LogP contribution in [0.1, 0.15) is 12.3 Å². The van der Waals surface area contributed by atoms with Gasteiger partial charge in [-0.25, -0.2) is 0 Å². The molecule has 1 N–H and O–H groups in total. The number of halogens is 1. The Kier molecular flexibility index (Phi) is 4.00. The smallest absolute Gasteiger partial charge is 0.249 e. The molecule has 1 fully saturated rings. The van der Waals surface area contributed by atoms with Gasteiger partial charge in [-0.2, -0.15) is 0 Å². The fourth-order valence-electron chi connectivity index (χ4n) is 2.46. The largest absolute Gasteiger partial charge is 0.419 e. The summed E-state index contributed by atoms with van der Waals surface area (Å²) in [6.45, 7) is 2.69. The van der Waals surface area contributed by atoms with Crippen molar-refractivity contribution < 1.29 is 9.52 Å². The number of aliphatic hydroxyl groups is 1. The van der Waals surface area contributed by atoms with Crippen LogP contribution in [0.25, 0.3) is 11.5 Å². The molecule has 1 aromatic heterocycles. The fourth-order valence-corrected chi connectivity index (χ4v) is 2.67. The van der Waals surface area contributed by atoms with Gasteiger partial charge in [0, 0.05) is 13.2 Å². The zero-order valence-electron chi connectivity index (χ0n) is 11.0. The van der Waals surface area contributed by atoms with E-state index in [1.54, 1.807) is 6.07 Å². The van der Waals surface area contributed by atoms with Crippen LogP contribution < -0.4 is 0 Å². The molecule has 3 rings (SSSR count). The van der Waals surface area contributed by atoms with E-state index in [1.165, 1.54) is 0 Å². The molecule has 6 heteroatoms. The monoisotopic (exact) mass is 293 g/mol. The molecule has 0 radical (unpaired) electrons. The minimum atomic E-state index is 0.241. The number of benzene rings is 1. The number of hydrogen-bond acceptors (Lipinski definition) is 5. The maximum Gasteiger partial charge on any atom is 0.249 e. The van der Waals surface area contributed by atoms with Crippen molar-refractivity contribution in [2.75, 3.05) is 19.7 Å². The normalized spacial score (nSPS) is 19.6. The topological polar surface area (TPSA) is 62.4 Å². The van der Waals surface area contributed by atoms with Crippen LogP contribution in [0.3, 0.4) is 0 Å². The summed E-state index contributed by atoms with van der Waals surface area (Å²) in [6.07, 6.45) is 1.02. The van der Waals surface area contributed by atoms with Crippen LogP contribution in [0.5, 0.6) is 0 Å². The van der Waals surface area contributed by atoms with Gasteiger partial charge in [-0.3, -0.25) is 4.90 Å². The van der Waals surface area contributed by atoms with Crippen LogP contribution in [-0.2, 0) is 6.54 Å². The second-order valence-electron chi connectivity index (χ2n) is 5.05. The van der Waals surface area contributed by atoms with E-state index in [4.69, 9.17) is 21.1 Å². The molecular weight excluding hydrogens is 278 g/mol. The van der Waals surface area contributed by atoms with Gasteiger partial charge in [0.15, 0.2) is 0 Å². The van der Waals surface area contributed by atoms with Crippen LogP contribution in [0, 0.1) is 5.92 Å². The molecule has 0 bridgehead atoms. The molecule has 0 saturated carbocycles. The first-order chi connectivity index (χ1) is 9.76. The van der Waals surface area contributed by atoms with Gasteiger partial charge in [0.05, 0.1) is 17.1 Å². The van der Waals surface area contributed by atoms with Gasteiger partial charge in [0.2, 0.25) is 11.8 Å². The summed E-state index contributed by atoms with van der Waals surface area (Å²) in [5.41, 5.74) is 0.752. The minimum absolute atomic E-state index is 0.241. The van der Waals surface area contributed by atoms with E-state index in [0.29, 0.717) is 29.3 Å². The highest BCUT2D eigenvalue weighted by molar-refractivity contribution is 6.33. The Bertz CT molecular complexity index is 587. The lowest BCUT2D eigenvalue weighted by Gasteiger charge is -2.12. The molecular formula is C14H16ClN3O2. The SMILES string of the molecule is OCC1CCN(Cc2nnc(-c3ccccc3Cl)o2)C1. The van der Waals surface area contributed by atoms with Crippen molar-refractivity contribution in [3.8, 4) is 11.5 Å². The first-order valence-electron chi connectivity index (χ1n) is 6.67. The summed E-state index contributed by atoms with van der Waals surface area (Å²) < 4.78 is 5.67. The number of nitrogens with zero attached hydrogens (tertiary/aromatic N) is 3. The van der Waals surface area contributed by atoms with Crippen molar-refractivity contribution in [2.45, 2.75) is 13.0 Å². The number of rotatable bonds is 4. The van der Waals surface area contributed by atoms with E-state index in [-0.39, 0.29) is 6.61 Å². The van der Waals surface area contributed by atoms with Gasteiger partial charge in [0.25, 0.3) is 0 Å². The number of aromatic nitrogens is 2. The third-order valence-electron chi connectivity index (χ3n) is 3.56. The van der Waals surface area contributed by atoms with Crippen molar-refractivity contribution >= 4 is 11.6 Å². The molecule has 1 saturated heterocycles. The van der Waals surface area contributed by atoms with E-state index in [9.17, 15) is 0 Å². The van der Waals surface area contributed by atoms with Crippen LogP contribution in [0.4, 0.5) is 0 Å². The van der Waals surface area contributed by atoms with Gasteiger partial charge >= 0.3 is 0 Å². The summed E-state index contributed by atoms with van der Waals surface area (Å²) in [5, 5.41) is 17.9. The Balaban J connectivity index is 1.70. The average molecular weight is 294 g/mol. The molecule has 0 aliphatic carbocycles. The highest BCUT2D eigenvalue weighted by Crippen LogP contribution is 2.27. The summed E-state index contributed by atoms with van der Waals surface area (Å²) in [4.78, 5) is 2.21. The Morgan fingerprint density at radius 1 is 1.35 bits per heavy atom. The zero-order chi connectivity index (χ0) is 13.9. The molecule has 1 unspecified atom stereocenters. The van der Waals surface area contributed by atoms with Gasteiger partial charge in [0.1, 0.15) is 0 Å². The molecule has 0 spiro atoms.